The number of carbonyl (C=O) groups is 3. The Bertz CT molecular complexity index is 854. The number of nitrogens with one attached hydrogen (secondary N) is 2. The van der Waals surface area contributed by atoms with Crippen molar-refractivity contribution in [2.45, 2.75) is 31.5 Å². The molecule has 4 aliphatic rings. The van der Waals surface area contributed by atoms with Crippen molar-refractivity contribution in [1.82, 2.24) is 15.5 Å². The van der Waals surface area contributed by atoms with Crippen molar-refractivity contribution in [3.05, 3.63) is 23.3 Å². The maximum atomic E-state index is 13.0. The third-order valence-electron chi connectivity index (χ3n) is 6.19. The summed E-state index contributed by atoms with van der Waals surface area (Å²) in [4.78, 5) is 43.0. The van der Waals surface area contributed by atoms with Crippen LogP contribution in [0.25, 0.3) is 0 Å². The Hall–Kier alpha value is -2.61. The van der Waals surface area contributed by atoms with E-state index in [4.69, 9.17) is 0 Å². The number of rotatable bonds is 1. The highest BCUT2D eigenvalue weighted by Gasteiger charge is 2.42. The monoisotopic (exact) mass is 369 g/mol. The highest BCUT2D eigenvalue weighted by atomic mass is 16.2. The molecule has 8 heteroatoms. The lowest BCUT2D eigenvalue weighted by molar-refractivity contribution is -0.136. The molecule has 8 nitrogen and oxygen atoms in total. The number of hydrogen-bond donors (Lipinski definition) is 2. The van der Waals surface area contributed by atoms with Gasteiger partial charge in [-0.2, -0.15) is 0 Å². The van der Waals surface area contributed by atoms with Crippen molar-refractivity contribution < 1.29 is 14.4 Å². The van der Waals surface area contributed by atoms with E-state index in [-0.39, 0.29) is 24.1 Å². The molecule has 4 aliphatic heterocycles. The lowest BCUT2D eigenvalue weighted by atomic mass is 9.99. The van der Waals surface area contributed by atoms with Gasteiger partial charge in [0.15, 0.2) is 0 Å². The van der Waals surface area contributed by atoms with E-state index < -0.39 is 6.04 Å². The average molecular weight is 369 g/mol. The lowest BCUT2D eigenvalue weighted by Gasteiger charge is -2.46. The van der Waals surface area contributed by atoms with E-state index in [0.29, 0.717) is 24.6 Å². The van der Waals surface area contributed by atoms with Gasteiger partial charge in [-0.05, 0) is 18.6 Å². The summed E-state index contributed by atoms with van der Waals surface area (Å²) in [5.41, 5.74) is 3.96. The fraction of sp³-hybridized carbons (Fsp3) is 0.526. The third-order valence-corrected chi connectivity index (χ3v) is 6.19. The molecule has 0 aromatic heterocycles. The molecule has 1 aromatic carbocycles. The summed E-state index contributed by atoms with van der Waals surface area (Å²) >= 11 is 0. The molecule has 0 aliphatic carbocycles. The number of hydrogen-bond acceptors (Lipinski definition) is 6. The van der Waals surface area contributed by atoms with E-state index in [1.165, 1.54) is 5.69 Å². The molecule has 2 saturated heterocycles. The van der Waals surface area contributed by atoms with Crippen LogP contribution in [0.1, 0.15) is 28.8 Å². The van der Waals surface area contributed by atoms with E-state index in [1.807, 2.05) is 12.1 Å². The van der Waals surface area contributed by atoms with E-state index >= 15 is 0 Å². The molecule has 1 unspecified atom stereocenters. The molecule has 27 heavy (non-hydrogen) atoms. The predicted octanol–water partition coefficient (Wildman–Crippen LogP) is -0.324. The highest BCUT2D eigenvalue weighted by molar-refractivity contribution is 6.07. The van der Waals surface area contributed by atoms with Gasteiger partial charge in [-0.1, -0.05) is 0 Å². The Balaban J connectivity index is 1.51. The Kier molecular flexibility index (Phi) is 3.65. The van der Waals surface area contributed by atoms with Gasteiger partial charge < -0.3 is 20.0 Å². The highest BCUT2D eigenvalue weighted by Crippen LogP contribution is 2.43. The third kappa shape index (κ3) is 2.43. The van der Waals surface area contributed by atoms with Crippen LogP contribution in [0.5, 0.6) is 0 Å². The zero-order valence-electron chi connectivity index (χ0n) is 15.3. The number of likely N-dealkylation sites (N-methyl/N-ethyl adjacent to an activating group) is 1. The van der Waals surface area contributed by atoms with Crippen LogP contribution in [-0.4, -0.2) is 67.9 Å². The first-order chi connectivity index (χ1) is 13.0. The van der Waals surface area contributed by atoms with Crippen LogP contribution in [0.4, 0.5) is 11.4 Å². The molecule has 2 N–H and O–H groups in total. The van der Waals surface area contributed by atoms with Gasteiger partial charge in [0.25, 0.3) is 5.91 Å². The second-order valence-electron chi connectivity index (χ2n) is 7.79. The molecule has 2 fully saturated rings. The zero-order chi connectivity index (χ0) is 18.7. The van der Waals surface area contributed by atoms with Gasteiger partial charge in [0.2, 0.25) is 11.8 Å². The normalized spacial score (nSPS) is 27.3. The van der Waals surface area contributed by atoms with Crippen molar-refractivity contribution in [1.29, 1.82) is 0 Å². The summed E-state index contributed by atoms with van der Waals surface area (Å²) in [5, 5.41) is 5.82. The Morgan fingerprint density at radius 3 is 2.81 bits per heavy atom. The van der Waals surface area contributed by atoms with Gasteiger partial charge in [-0.15, -0.1) is 0 Å². The molecule has 4 heterocycles. The number of benzene rings is 1. The Morgan fingerprint density at radius 1 is 1.15 bits per heavy atom. The Labute approximate surface area is 157 Å². The molecule has 2 atom stereocenters. The average Bonchev–Trinajstić information content (AvgIpc) is 2.98. The van der Waals surface area contributed by atoms with E-state index in [2.05, 4.69) is 27.5 Å². The summed E-state index contributed by atoms with van der Waals surface area (Å²) < 4.78 is 0. The molecule has 0 saturated carbocycles. The van der Waals surface area contributed by atoms with Gasteiger partial charge in [0.05, 0.1) is 17.4 Å². The molecule has 0 radical (unpaired) electrons. The van der Waals surface area contributed by atoms with Gasteiger partial charge in [0, 0.05) is 57.3 Å². The molecule has 0 spiro atoms. The van der Waals surface area contributed by atoms with Crippen LogP contribution >= 0.6 is 0 Å². The first-order valence-electron chi connectivity index (χ1n) is 9.53. The van der Waals surface area contributed by atoms with Crippen LogP contribution in [0.3, 0.4) is 0 Å². The quantitative estimate of drug-likeness (QED) is 0.660. The van der Waals surface area contributed by atoms with Crippen molar-refractivity contribution in [2.24, 2.45) is 0 Å². The number of piperazine rings is 1. The molecule has 3 amide bonds. The summed E-state index contributed by atoms with van der Waals surface area (Å²) in [6.07, 6.45) is 0.666. The minimum Gasteiger partial charge on any atom is -0.371 e. The van der Waals surface area contributed by atoms with Crippen LogP contribution < -0.4 is 20.4 Å². The molecule has 5 rings (SSSR count). The van der Waals surface area contributed by atoms with Gasteiger partial charge in [0.1, 0.15) is 6.04 Å². The number of imide groups is 1. The summed E-state index contributed by atoms with van der Waals surface area (Å²) in [6.45, 7) is 4.20. The maximum absolute atomic E-state index is 13.0. The zero-order valence-corrected chi connectivity index (χ0v) is 15.3. The van der Waals surface area contributed by atoms with Crippen LogP contribution in [-0.2, 0) is 16.1 Å². The molecular formula is C19H23N5O3. The SMILES string of the molecule is CN1CC2CNCCN2c2ccc3c(c21)CN([C@H]1CCC(=O)NC1=O)C3=O. The number of anilines is 2. The van der Waals surface area contributed by atoms with Crippen molar-refractivity contribution in [3.8, 4) is 0 Å². The first-order valence-corrected chi connectivity index (χ1v) is 9.53. The van der Waals surface area contributed by atoms with Crippen molar-refractivity contribution >= 4 is 29.1 Å². The van der Waals surface area contributed by atoms with Crippen LogP contribution in [0, 0.1) is 0 Å². The van der Waals surface area contributed by atoms with Crippen molar-refractivity contribution in [3.63, 3.8) is 0 Å². The minimum atomic E-state index is -0.570. The molecule has 1 aromatic rings. The van der Waals surface area contributed by atoms with Gasteiger partial charge in [-0.3, -0.25) is 19.7 Å². The predicted molar refractivity (Wildman–Crippen MR) is 99.8 cm³/mol. The number of piperidine rings is 1. The second kappa shape index (κ2) is 5.95. The second-order valence-corrected chi connectivity index (χ2v) is 7.79. The number of amides is 3. The maximum Gasteiger partial charge on any atom is 0.255 e. The topological polar surface area (TPSA) is 85.0 Å². The van der Waals surface area contributed by atoms with E-state index in [9.17, 15) is 14.4 Å². The van der Waals surface area contributed by atoms with E-state index in [0.717, 1.165) is 37.4 Å². The fourth-order valence-corrected chi connectivity index (χ4v) is 4.92. The smallest absolute Gasteiger partial charge is 0.255 e. The fourth-order valence-electron chi connectivity index (χ4n) is 4.92. The number of carbonyl (C=O) groups excluding carboxylic acids is 3. The lowest BCUT2D eigenvalue weighted by Crippen LogP contribution is -2.58. The van der Waals surface area contributed by atoms with Crippen LogP contribution in [0.2, 0.25) is 0 Å². The number of nitrogens with zero attached hydrogens (tertiary/aromatic N) is 3. The minimum absolute atomic E-state index is 0.113. The van der Waals surface area contributed by atoms with Gasteiger partial charge >= 0.3 is 0 Å². The van der Waals surface area contributed by atoms with Crippen molar-refractivity contribution in [2.75, 3.05) is 43.0 Å². The summed E-state index contributed by atoms with van der Waals surface area (Å²) in [6, 6.07) is 3.81. The first kappa shape index (κ1) is 16.6. The summed E-state index contributed by atoms with van der Waals surface area (Å²) in [5.74, 6) is -0.739. The number of fused-ring (bicyclic) bond motifs is 5. The molecular weight excluding hydrogens is 346 g/mol. The van der Waals surface area contributed by atoms with Gasteiger partial charge in [-0.25, -0.2) is 0 Å². The molecule has 142 valence electrons. The largest absolute Gasteiger partial charge is 0.371 e. The van der Waals surface area contributed by atoms with Crippen LogP contribution in [0.15, 0.2) is 12.1 Å². The standard InChI is InChI=1S/C19H23N5O3/c1-22-9-11-8-20-6-7-23(11)14-3-2-12-13(17(14)22)10-24(19(12)27)15-4-5-16(25)21-18(15)26/h2-3,11,15,20H,4-10H2,1H3,(H,21,25,26)/t11?,15-/m0/s1. The Morgan fingerprint density at radius 2 is 2.00 bits per heavy atom. The molecule has 0 bridgehead atoms. The van der Waals surface area contributed by atoms with E-state index in [1.54, 1.807) is 4.90 Å². The summed E-state index contributed by atoms with van der Waals surface area (Å²) in [7, 11) is 2.07.